The van der Waals surface area contributed by atoms with Crippen LogP contribution in [0.3, 0.4) is 0 Å². The van der Waals surface area contributed by atoms with Gasteiger partial charge in [0.15, 0.2) is 5.65 Å². The minimum atomic E-state index is -0.230. The number of hydrogen-bond donors (Lipinski definition) is 2. The van der Waals surface area contributed by atoms with Crippen LogP contribution in [0, 0.1) is 0 Å². The maximum absolute atomic E-state index is 12.1. The molecule has 2 N–H and O–H groups in total. The normalized spacial score (nSPS) is 11.2. The Labute approximate surface area is 166 Å². The number of nitrogens with one attached hydrogen (secondary N) is 2. The van der Waals surface area contributed by atoms with Crippen LogP contribution in [0.15, 0.2) is 78.0 Å². The van der Waals surface area contributed by atoms with Crippen LogP contribution in [0.1, 0.15) is 18.4 Å². The molecule has 0 unspecified atom stereocenters. The fourth-order valence-electron chi connectivity index (χ4n) is 2.95. The van der Waals surface area contributed by atoms with Gasteiger partial charge in [-0.15, -0.1) is 0 Å². The van der Waals surface area contributed by atoms with Crippen molar-refractivity contribution < 1.29 is 4.79 Å². The summed E-state index contributed by atoms with van der Waals surface area (Å²) >= 11 is 0. The molecule has 4 aromatic rings. The first-order valence-electron chi connectivity index (χ1n) is 9.24. The summed E-state index contributed by atoms with van der Waals surface area (Å²) in [7, 11) is 0. The van der Waals surface area contributed by atoms with Crippen molar-refractivity contribution in [2.75, 3.05) is 5.32 Å². The Morgan fingerprint density at radius 1 is 1.10 bits per heavy atom. The highest BCUT2D eigenvalue weighted by molar-refractivity contribution is 5.91. The van der Waals surface area contributed by atoms with E-state index in [1.807, 2.05) is 54.6 Å². The van der Waals surface area contributed by atoms with Crippen LogP contribution in [0.4, 0.5) is 5.69 Å². The zero-order chi connectivity index (χ0) is 20.1. The van der Waals surface area contributed by atoms with Gasteiger partial charge in [-0.25, -0.2) is 9.67 Å². The van der Waals surface area contributed by atoms with Gasteiger partial charge in [0.1, 0.15) is 5.39 Å². The number of amides is 1. The summed E-state index contributed by atoms with van der Waals surface area (Å²) in [5, 5.41) is 7.54. The van der Waals surface area contributed by atoms with E-state index in [2.05, 4.69) is 20.4 Å². The molecule has 4 rings (SSSR count). The van der Waals surface area contributed by atoms with E-state index in [4.69, 9.17) is 0 Å². The van der Waals surface area contributed by atoms with E-state index in [0.29, 0.717) is 29.6 Å². The molecule has 0 bridgehead atoms. The average molecular weight is 385 g/mol. The molecule has 144 valence electrons. The summed E-state index contributed by atoms with van der Waals surface area (Å²) in [4.78, 5) is 30.6. The summed E-state index contributed by atoms with van der Waals surface area (Å²) in [6.45, 7) is 0. The Kier molecular flexibility index (Phi) is 5.29. The molecule has 0 fully saturated rings. The lowest BCUT2D eigenvalue weighted by atomic mass is 10.2. The second-order valence-electron chi connectivity index (χ2n) is 6.47. The number of benzene rings is 2. The number of aromatic amines is 1. The summed E-state index contributed by atoms with van der Waals surface area (Å²) in [6.07, 6.45) is 7.91. The third-order valence-corrected chi connectivity index (χ3v) is 4.41. The van der Waals surface area contributed by atoms with E-state index in [-0.39, 0.29) is 11.5 Å². The molecule has 7 heteroatoms. The predicted molar refractivity (Wildman–Crippen MR) is 113 cm³/mol. The zero-order valence-corrected chi connectivity index (χ0v) is 15.6. The van der Waals surface area contributed by atoms with Gasteiger partial charge in [-0.1, -0.05) is 42.5 Å². The van der Waals surface area contributed by atoms with Gasteiger partial charge in [0.25, 0.3) is 5.56 Å². The van der Waals surface area contributed by atoms with Crippen molar-refractivity contribution in [2.45, 2.75) is 12.8 Å². The van der Waals surface area contributed by atoms with Crippen LogP contribution in [-0.2, 0) is 4.79 Å². The molecule has 0 saturated carbocycles. The van der Waals surface area contributed by atoms with Crippen LogP contribution in [0.5, 0.6) is 0 Å². The lowest BCUT2D eigenvalue weighted by Crippen LogP contribution is -2.10. The minimum Gasteiger partial charge on any atom is -0.326 e. The molecular weight excluding hydrogens is 366 g/mol. The van der Waals surface area contributed by atoms with E-state index in [9.17, 15) is 9.59 Å². The standard InChI is InChI=1S/C22H19N5O2/c28-20(9-5-4-8-16-6-2-1-3-7-16)26-17-10-12-18(13-11-17)27-21-19(14-25-27)22(29)24-15-23-21/h1-4,6-8,10-15H,5,9H2,(H,26,28)(H,23,24,29)/b8-4+. The Bertz CT molecular complexity index is 1210. The highest BCUT2D eigenvalue weighted by Gasteiger charge is 2.09. The minimum absolute atomic E-state index is 0.0480. The Hall–Kier alpha value is -4.00. The van der Waals surface area contributed by atoms with Crippen molar-refractivity contribution in [3.8, 4) is 5.69 Å². The second-order valence-corrected chi connectivity index (χ2v) is 6.47. The van der Waals surface area contributed by atoms with Crippen molar-refractivity contribution in [1.82, 2.24) is 19.7 Å². The molecule has 0 aliphatic rings. The Morgan fingerprint density at radius 3 is 2.69 bits per heavy atom. The zero-order valence-electron chi connectivity index (χ0n) is 15.6. The lowest BCUT2D eigenvalue weighted by molar-refractivity contribution is -0.116. The molecule has 2 aromatic carbocycles. The van der Waals surface area contributed by atoms with Crippen LogP contribution in [0.2, 0.25) is 0 Å². The molecule has 0 radical (unpaired) electrons. The van der Waals surface area contributed by atoms with Crippen molar-refractivity contribution in [3.05, 3.63) is 89.1 Å². The van der Waals surface area contributed by atoms with Crippen LogP contribution >= 0.6 is 0 Å². The quantitative estimate of drug-likeness (QED) is 0.531. The second kappa shape index (κ2) is 8.35. The molecular formula is C22H19N5O2. The number of aromatic nitrogens is 4. The third kappa shape index (κ3) is 4.30. The maximum atomic E-state index is 12.1. The summed E-state index contributed by atoms with van der Waals surface area (Å²) in [5.74, 6) is -0.0480. The van der Waals surface area contributed by atoms with Gasteiger partial charge in [0, 0.05) is 12.1 Å². The van der Waals surface area contributed by atoms with Gasteiger partial charge < -0.3 is 10.3 Å². The number of anilines is 1. The molecule has 29 heavy (non-hydrogen) atoms. The Balaban J connectivity index is 1.36. The van der Waals surface area contributed by atoms with E-state index in [1.165, 1.54) is 12.5 Å². The molecule has 1 amide bonds. The van der Waals surface area contributed by atoms with Gasteiger partial charge in [-0.3, -0.25) is 9.59 Å². The van der Waals surface area contributed by atoms with Crippen molar-refractivity contribution in [2.24, 2.45) is 0 Å². The third-order valence-electron chi connectivity index (χ3n) is 4.41. The van der Waals surface area contributed by atoms with Gasteiger partial charge >= 0.3 is 0 Å². The number of fused-ring (bicyclic) bond motifs is 1. The van der Waals surface area contributed by atoms with E-state index >= 15 is 0 Å². The predicted octanol–water partition coefficient (Wildman–Crippen LogP) is 3.54. The van der Waals surface area contributed by atoms with Gasteiger partial charge in [-0.05, 0) is 36.2 Å². The fourth-order valence-corrected chi connectivity index (χ4v) is 2.95. The number of hydrogen-bond acceptors (Lipinski definition) is 4. The first kappa shape index (κ1) is 18.4. The fraction of sp³-hybridized carbons (Fsp3) is 0.0909. The number of nitrogens with zero attached hydrogens (tertiary/aromatic N) is 3. The smallest absolute Gasteiger partial charge is 0.261 e. The molecule has 2 aromatic heterocycles. The number of H-pyrrole nitrogens is 1. The van der Waals surface area contributed by atoms with E-state index in [1.54, 1.807) is 16.8 Å². The van der Waals surface area contributed by atoms with Crippen LogP contribution in [0.25, 0.3) is 22.8 Å². The molecule has 7 nitrogen and oxygen atoms in total. The molecule has 0 spiro atoms. The first-order chi connectivity index (χ1) is 14.2. The SMILES string of the molecule is O=C(CC/C=C/c1ccccc1)Nc1ccc(-n2ncc3c(=O)[nH]cnc32)cc1. The average Bonchev–Trinajstić information content (AvgIpc) is 3.18. The number of carbonyl (C=O) groups excluding carboxylic acids is 1. The van der Waals surface area contributed by atoms with Crippen molar-refractivity contribution in [3.63, 3.8) is 0 Å². The Morgan fingerprint density at radius 2 is 1.90 bits per heavy atom. The highest BCUT2D eigenvalue weighted by atomic mass is 16.1. The summed E-state index contributed by atoms with van der Waals surface area (Å²) < 4.78 is 1.59. The van der Waals surface area contributed by atoms with Crippen molar-refractivity contribution in [1.29, 1.82) is 0 Å². The van der Waals surface area contributed by atoms with Gasteiger partial charge in [-0.2, -0.15) is 5.10 Å². The summed E-state index contributed by atoms with van der Waals surface area (Å²) in [5.41, 5.74) is 2.82. The number of carbonyl (C=O) groups is 1. The first-order valence-corrected chi connectivity index (χ1v) is 9.24. The number of rotatable bonds is 6. The van der Waals surface area contributed by atoms with Crippen molar-refractivity contribution >= 4 is 28.7 Å². The van der Waals surface area contributed by atoms with E-state index < -0.39 is 0 Å². The molecule has 2 heterocycles. The lowest BCUT2D eigenvalue weighted by Gasteiger charge is -2.07. The van der Waals surface area contributed by atoms with Crippen LogP contribution in [-0.4, -0.2) is 25.7 Å². The molecule has 0 aliphatic heterocycles. The van der Waals surface area contributed by atoms with Gasteiger partial charge in [0.2, 0.25) is 5.91 Å². The largest absolute Gasteiger partial charge is 0.326 e. The maximum Gasteiger partial charge on any atom is 0.261 e. The van der Waals surface area contributed by atoms with E-state index in [0.717, 1.165) is 11.3 Å². The molecule has 0 atom stereocenters. The molecule has 0 saturated heterocycles. The van der Waals surface area contributed by atoms with Gasteiger partial charge in [0.05, 0.1) is 18.2 Å². The van der Waals surface area contributed by atoms with Crippen LogP contribution < -0.4 is 10.9 Å². The molecule has 0 aliphatic carbocycles. The summed E-state index contributed by atoms with van der Waals surface area (Å²) in [6, 6.07) is 17.2. The topological polar surface area (TPSA) is 92.7 Å². The monoisotopic (exact) mass is 385 g/mol. The number of allylic oxidation sites excluding steroid dienone is 1. The highest BCUT2D eigenvalue weighted by Crippen LogP contribution is 2.16.